The summed E-state index contributed by atoms with van der Waals surface area (Å²) in [6.07, 6.45) is 69.2. The van der Waals surface area contributed by atoms with E-state index >= 15 is 0 Å². The molecule has 2 atom stereocenters. The second-order valence-corrected chi connectivity index (χ2v) is 19.7. The molecule has 0 saturated heterocycles. The summed E-state index contributed by atoms with van der Waals surface area (Å²) < 4.78 is 0. The molecule has 0 bridgehead atoms. The lowest BCUT2D eigenvalue weighted by atomic mass is 10.0. The van der Waals surface area contributed by atoms with Gasteiger partial charge in [0.2, 0.25) is 5.91 Å². The maximum absolute atomic E-state index is 12.5. The van der Waals surface area contributed by atoms with Gasteiger partial charge < -0.3 is 15.5 Å². The van der Waals surface area contributed by atoms with Crippen molar-refractivity contribution >= 4 is 5.91 Å². The summed E-state index contributed by atoms with van der Waals surface area (Å²) in [5.74, 6) is -0.0237. The minimum absolute atomic E-state index is 0.0237. The maximum Gasteiger partial charge on any atom is 0.220 e. The number of aliphatic hydroxyl groups is 2. The highest BCUT2D eigenvalue weighted by atomic mass is 16.3. The predicted octanol–water partition coefficient (Wildman–Crippen LogP) is 18.5. The van der Waals surface area contributed by atoms with Gasteiger partial charge in [0.25, 0.3) is 0 Å². The van der Waals surface area contributed by atoms with Gasteiger partial charge in [0, 0.05) is 6.42 Å². The van der Waals surface area contributed by atoms with Gasteiger partial charge in [-0.1, -0.05) is 296 Å². The van der Waals surface area contributed by atoms with E-state index in [0.29, 0.717) is 12.8 Å². The van der Waals surface area contributed by atoms with Gasteiger partial charge in [0.15, 0.2) is 0 Å². The lowest BCUT2D eigenvalue weighted by Gasteiger charge is -2.22. The summed E-state index contributed by atoms with van der Waals surface area (Å²) in [7, 11) is 0. The minimum Gasteiger partial charge on any atom is -0.394 e. The van der Waals surface area contributed by atoms with E-state index < -0.39 is 12.1 Å². The van der Waals surface area contributed by atoms with Crippen molar-refractivity contribution in [3.63, 3.8) is 0 Å². The molecule has 364 valence electrons. The Hall–Kier alpha value is -0.870. The van der Waals surface area contributed by atoms with Crippen molar-refractivity contribution in [3.8, 4) is 0 Å². The first-order valence-corrected chi connectivity index (χ1v) is 28.4. The van der Waals surface area contributed by atoms with E-state index in [2.05, 4.69) is 31.3 Å². The van der Waals surface area contributed by atoms with E-state index in [1.54, 1.807) is 0 Å². The SMILES string of the molecule is CCCCCCCCCC/C=C\CCCCCCCCCCCCCCCCCCCCCC(=O)NC(CO)C(O)CCCCCCCCCCCCCCCCCCCC. The molecule has 0 aliphatic carbocycles. The average molecular weight is 861 g/mol. The Morgan fingerprint density at radius 2 is 0.623 bits per heavy atom. The zero-order valence-corrected chi connectivity index (χ0v) is 42.0. The molecule has 3 N–H and O–H groups in total. The van der Waals surface area contributed by atoms with Crippen LogP contribution < -0.4 is 5.32 Å². The molecule has 0 heterocycles. The molecule has 0 aliphatic heterocycles. The van der Waals surface area contributed by atoms with Crippen LogP contribution in [0.25, 0.3) is 0 Å². The first-order valence-electron chi connectivity index (χ1n) is 28.4. The van der Waals surface area contributed by atoms with Crippen LogP contribution in [0.1, 0.15) is 328 Å². The molecule has 61 heavy (non-hydrogen) atoms. The largest absolute Gasteiger partial charge is 0.394 e. The van der Waals surface area contributed by atoms with Crippen molar-refractivity contribution in [2.75, 3.05) is 6.61 Å². The Kier molecular flexibility index (Phi) is 52.7. The molecule has 4 nitrogen and oxygen atoms in total. The molecule has 0 aromatic carbocycles. The monoisotopic (exact) mass is 860 g/mol. The lowest BCUT2D eigenvalue weighted by Crippen LogP contribution is -2.45. The van der Waals surface area contributed by atoms with E-state index in [0.717, 1.165) is 25.7 Å². The number of unbranched alkanes of at least 4 members (excludes halogenated alkanes) is 44. The van der Waals surface area contributed by atoms with Crippen LogP contribution in [0.4, 0.5) is 0 Å². The molecular formula is C57H113NO3. The van der Waals surface area contributed by atoms with Gasteiger partial charge in [-0.2, -0.15) is 0 Å². The second kappa shape index (κ2) is 53.5. The zero-order valence-electron chi connectivity index (χ0n) is 42.0. The van der Waals surface area contributed by atoms with Gasteiger partial charge in [-0.15, -0.1) is 0 Å². The first-order chi connectivity index (χ1) is 30.2. The van der Waals surface area contributed by atoms with Crippen LogP contribution in [-0.4, -0.2) is 34.9 Å². The number of nitrogens with one attached hydrogen (secondary N) is 1. The Balaban J connectivity index is 3.39. The van der Waals surface area contributed by atoms with Crippen LogP contribution in [0.3, 0.4) is 0 Å². The van der Waals surface area contributed by atoms with E-state index in [9.17, 15) is 15.0 Å². The van der Waals surface area contributed by atoms with Crippen molar-refractivity contribution < 1.29 is 15.0 Å². The third kappa shape index (κ3) is 50.0. The number of allylic oxidation sites excluding steroid dienone is 2. The molecule has 0 fully saturated rings. The van der Waals surface area contributed by atoms with E-state index in [1.807, 2.05) is 0 Å². The lowest BCUT2D eigenvalue weighted by molar-refractivity contribution is -0.123. The summed E-state index contributed by atoms with van der Waals surface area (Å²) in [6, 6.07) is -0.532. The van der Waals surface area contributed by atoms with Gasteiger partial charge in [0.1, 0.15) is 0 Å². The Bertz CT molecular complexity index is 844. The number of aliphatic hydroxyl groups excluding tert-OH is 2. The Morgan fingerprint density at radius 1 is 0.377 bits per heavy atom. The summed E-state index contributed by atoms with van der Waals surface area (Å²) in [6.45, 7) is 4.40. The fraction of sp³-hybridized carbons (Fsp3) is 0.947. The molecule has 0 aromatic heterocycles. The van der Waals surface area contributed by atoms with Crippen LogP contribution in [0.15, 0.2) is 12.2 Å². The quantitative estimate of drug-likeness (QED) is 0.0421. The molecule has 0 saturated carbocycles. The maximum atomic E-state index is 12.5. The molecule has 0 rings (SSSR count). The van der Waals surface area contributed by atoms with Crippen molar-refractivity contribution in [3.05, 3.63) is 12.2 Å². The normalized spacial score (nSPS) is 12.8. The zero-order chi connectivity index (χ0) is 44.2. The van der Waals surface area contributed by atoms with Gasteiger partial charge in [-0.05, 0) is 38.5 Å². The number of rotatable bonds is 53. The minimum atomic E-state index is -0.656. The summed E-state index contributed by atoms with van der Waals surface area (Å²) in [5.41, 5.74) is 0. The fourth-order valence-electron chi connectivity index (χ4n) is 9.18. The van der Waals surface area contributed by atoms with Crippen LogP contribution in [0.2, 0.25) is 0 Å². The second-order valence-electron chi connectivity index (χ2n) is 19.7. The van der Waals surface area contributed by atoms with Crippen LogP contribution >= 0.6 is 0 Å². The molecule has 1 amide bonds. The molecule has 0 radical (unpaired) electrons. The molecule has 4 heteroatoms. The van der Waals surface area contributed by atoms with Crippen LogP contribution in [0.5, 0.6) is 0 Å². The third-order valence-corrected chi connectivity index (χ3v) is 13.5. The number of carbonyl (C=O) groups excluding carboxylic acids is 1. The van der Waals surface area contributed by atoms with E-state index in [-0.39, 0.29) is 12.5 Å². The smallest absolute Gasteiger partial charge is 0.220 e. The highest BCUT2D eigenvalue weighted by Gasteiger charge is 2.20. The number of hydrogen-bond donors (Lipinski definition) is 3. The van der Waals surface area contributed by atoms with Gasteiger partial charge in [0.05, 0.1) is 18.8 Å². The molecule has 0 aliphatic rings. The van der Waals surface area contributed by atoms with E-state index in [1.165, 1.54) is 276 Å². The van der Waals surface area contributed by atoms with Crippen LogP contribution in [0, 0.1) is 0 Å². The van der Waals surface area contributed by atoms with Crippen molar-refractivity contribution in [1.82, 2.24) is 5.32 Å². The predicted molar refractivity (Wildman–Crippen MR) is 272 cm³/mol. The Morgan fingerprint density at radius 3 is 0.902 bits per heavy atom. The molecule has 2 unspecified atom stereocenters. The Labute approximate surface area is 384 Å². The van der Waals surface area contributed by atoms with Gasteiger partial charge in [-0.25, -0.2) is 0 Å². The average Bonchev–Trinajstić information content (AvgIpc) is 3.26. The number of hydrogen-bond acceptors (Lipinski definition) is 3. The van der Waals surface area contributed by atoms with Gasteiger partial charge >= 0.3 is 0 Å². The highest BCUT2D eigenvalue weighted by molar-refractivity contribution is 5.76. The van der Waals surface area contributed by atoms with Crippen molar-refractivity contribution in [2.45, 2.75) is 341 Å². The van der Waals surface area contributed by atoms with E-state index in [4.69, 9.17) is 0 Å². The number of carbonyl (C=O) groups is 1. The topological polar surface area (TPSA) is 69.6 Å². The summed E-state index contributed by atoms with van der Waals surface area (Å²) in [4.78, 5) is 12.5. The molecule has 0 aromatic rings. The van der Waals surface area contributed by atoms with Crippen molar-refractivity contribution in [2.24, 2.45) is 0 Å². The van der Waals surface area contributed by atoms with Gasteiger partial charge in [-0.3, -0.25) is 4.79 Å². The summed E-state index contributed by atoms with van der Waals surface area (Å²) >= 11 is 0. The van der Waals surface area contributed by atoms with Crippen LogP contribution in [-0.2, 0) is 4.79 Å². The number of amides is 1. The molecular weight excluding hydrogens is 747 g/mol. The highest BCUT2D eigenvalue weighted by Crippen LogP contribution is 2.18. The summed E-state index contributed by atoms with van der Waals surface area (Å²) in [5, 5.41) is 23.3. The standard InChI is InChI=1S/C57H113NO3/c1-3-5-7-9-11-13-15-17-19-21-23-24-25-26-27-28-29-30-31-32-33-34-35-37-39-41-43-45-47-49-51-53-57(61)58-55(54-59)56(60)52-50-48-46-44-42-40-38-36-22-20-18-16-14-12-10-8-6-4-2/h21,23,55-56,59-60H,3-20,22,24-54H2,1-2H3,(H,58,61)/b23-21-. The first kappa shape index (κ1) is 60.1. The van der Waals surface area contributed by atoms with Crippen molar-refractivity contribution in [1.29, 1.82) is 0 Å². The third-order valence-electron chi connectivity index (χ3n) is 13.5. The fourth-order valence-corrected chi connectivity index (χ4v) is 9.18. The molecule has 0 spiro atoms.